The first-order valence-electron chi connectivity index (χ1n) is 7.16. The van der Waals surface area contributed by atoms with Crippen LogP contribution in [-0.4, -0.2) is 26.8 Å². The number of sulfonamides is 1. The SMILES string of the molecule is NS(=O)(=O)Cc1ccc(NC(=O)CNC(=O)c2ccccc2Cl)cc1. The summed E-state index contributed by atoms with van der Waals surface area (Å²) in [6.07, 6.45) is 0. The summed E-state index contributed by atoms with van der Waals surface area (Å²) in [4.78, 5) is 23.8. The van der Waals surface area contributed by atoms with Crippen molar-refractivity contribution in [1.82, 2.24) is 5.32 Å². The van der Waals surface area contributed by atoms with Gasteiger partial charge in [-0.3, -0.25) is 9.59 Å². The first-order valence-corrected chi connectivity index (χ1v) is 9.26. The molecule has 0 heterocycles. The molecule has 0 spiro atoms. The molecule has 9 heteroatoms. The number of halogens is 1. The van der Waals surface area contributed by atoms with Gasteiger partial charge in [0.25, 0.3) is 5.91 Å². The number of amides is 2. The molecule has 132 valence electrons. The third kappa shape index (κ3) is 6.18. The highest BCUT2D eigenvalue weighted by Gasteiger charge is 2.11. The minimum atomic E-state index is -3.61. The number of rotatable bonds is 6. The second-order valence-corrected chi connectivity index (χ2v) is 7.24. The van der Waals surface area contributed by atoms with Crippen LogP contribution in [0.15, 0.2) is 48.5 Å². The van der Waals surface area contributed by atoms with Gasteiger partial charge >= 0.3 is 0 Å². The van der Waals surface area contributed by atoms with E-state index in [9.17, 15) is 18.0 Å². The Labute approximate surface area is 150 Å². The number of hydrogen-bond donors (Lipinski definition) is 3. The van der Waals surface area contributed by atoms with Crippen molar-refractivity contribution in [2.45, 2.75) is 5.75 Å². The third-order valence-electron chi connectivity index (χ3n) is 3.13. The van der Waals surface area contributed by atoms with Crippen molar-refractivity contribution in [3.8, 4) is 0 Å². The lowest BCUT2D eigenvalue weighted by Crippen LogP contribution is -2.33. The molecule has 2 amide bonds. The van der Waals surface area contributed by atoms with Crippen LogP contribution in [0, 0.1) is 0 Å². The Morgan fingerprint density at radius 1 is 1.04 bits per heavy atom. The van der Waals surface area contributed by atoms with Gasteiger partial charge in [0.1, 0.15) is 0 Å². The molecule has 0 saturated carbocycles. The van der Waals surface area contributed by atoms with Gasteiger partial charge in [0, 0.05) is 5.69 Å². The Morgan fingerprint density at radius 3 is 2.28 bits per heavy atom. The van der Waals surface area contributed by atoms with Crippen LogP contribution in [0.4, 0.5) is 5.69 Å². The Morgan fingerprint density at radius 2 is 1.68 bits per heavy atom. The van der Waals surface area contributed by atoms with E-state index in [-0.39, 0.29) is 17.9 Å². The standard InChI is InChI=1S/C16H16ClN3O4S/c17-14-4-2-1-3-13(14)16(22)19-9-15(21)20-12-7-5-11(6-8-12)10-25(18,23)24/h1-8H,9-10H2,(H,19,22)(H,20,21)(H2,18,23,24). The van der Waals surface area contributed by atoms with Gasteiger partial charge in [-0.25, -0.2) is 13.6 Å². The Kier molecular flexibility index (Phi) is 6.13. The van der Waals surface area contributed by atoms with Crippen molar-refractivity contribution in [3.63, 3.8) is 0 Å². The average molecular weight is 382 g/mol. The van der Waals surface area contributed by atoms with E-state index in [0.717, 1.165) is 0 Å². The molecule has 2 aromatic carbocycles. The van der Waals surface area contributed by atoms with Crippen LogP contribution in [-0.2, 0) is 20.6 Å². The van der Waals surface area contributed by atoms with Gasteiger partial charge < -0.3 is 10.6 Å². The molecule has 0 saturated heterocycles. The van der Waals surface area contributed by atoms with Crippen LogP contribution in [0.3, 0.4) is 0 Å². The van der Waals surface area contributed by atoms with Crippen LogP contribution < -0.4 is 15.8 Å². The minimum Gasteiger partial charge on any atom is -0.343 e. The first-order chi connectivity index (χ1) is 11.7. The van der Waals surface area contributed by atoms with E-state index in [1.165, 1.54) is 0 Å². The summed E-state index contributed by atoms with van der Waals surface area (Å²) < 4.78 is 22.0. The zero-order chi connectivity index (χ0) is 18.4. The fourth-order valence-electron chi connectivity index (χ4n) is 2.02. The Bertz CT molecular complexity index is 883. The van der Waals surface area contributed by atoms with Crippen LogP contribution in [0.25, 0.3) is 0 Å². The summed E-state index contributed by atoms with van der Waals surface area (Å²) in [5.41, 5.74) is 1.26. The van der Waals surface area contributed by atoms with Gasteiger partial charge in [-0.2, -0.15) is 0 Å². The molecule has 0 radical (unpaired) electrons. The lowest BCUT2D eigenvalue weighted by molar-refractivity contribution is -0.115. The Hall–Kier alpha value is -2.42. The lowest BCUT2D eigenvalue weighted by Gasteiger charge is -2.08. The molecule has 0 unspecified atom stereocenters. The van der Waals surface area contributed by atoms with E-state index < -0.39 is 21.8 Å². The summed E-state index contributed by atoms with van der Waals surface area (Å²) >= 11 is 5.91. The van der Waals surface area contributed by atoms with Crippen LogP contribution in [0.1, 0.15) is 15.9 Å². The number of primary sulfonamides is 1. The van der Waals surface area contributed by atoms with Crippen LogP contribution in [0.2, 0.25) is 5.02 Å². The molecule has 2 aromatic rings. The minimum absolute atomic E-state index is 0.233. The Balaban J connectivity index is 1.88. The van der Waals surface area contributed by atoms with Crippen molar-refractivity contribution in [1.29, 1.82) is 0 Å². The van der Waals surface area contributed by atoms with Crippen LogP contribution in [0.5, 0.6) is 0 Å². The maximum absolute atomic E-state index is 12.0. The van der Waals surface area contributed by atoms with Crippen molar-refractivity contribution >= 4 is 39.1 Å². The summed E-state index contributed by atoms with van der Waals surface area (Å²) in [5, 5.41) is 10.3. The maximum atomic E-state index is 12.0. The fraction of sp³-hybridized carbons (Fsp3) is 0.125. The first kappa shape index (κ1) is 18.9. The highest BCUT2D eigenvalue weighted by Crippen LogP contribution is 2.14. The highest BCUT2D eigenvalue weighted by atomic mass is 35.5. The van der Waals surface area contributed by atoms with E-state index in [1.54, 1.807) is 48.5 Å². The van der Waals surface area contributed by atoms with E-state index >= 15 is 0 Å². The molecule has 7 nitrogen and oxygen atoms in total. The predicted octanol–water partition coefficient (Wildman–Crippen LogP) is 1.50. The van der Waals surface area contributed by atoms with E-state index in [4.69, 9.17) is 16.7 Å². The molecule has 0 fully saturated rings. The zero-order valence-corrected chi connectivity index (χ0v) is 14.6. The molecular formula is C16H16ClN3O4S. The van der Waals surface area contributed by atoms with E-state index in [0.29, 0.717) is 16.3 Å². The highest BCUT2D eigenvalue weighted by molar-refractivity contribution is 7.88. The average Bonchev–Trinajstić information content (AvgIpc) is 2.53. The molecule has 0 aliphatic rings. The van der Waals surface area contributed by atoms with Crippen molar-refractivity contribution < 1.29 is 18.0 Å². The number of carbonyl (C=O) groups is 2. The summed E-state index contributed by atoms with van der Waals surface area (Å²) in [7, 11) is -3.61. The molecule has 25 heavy (non-hydrogen) atoms. The normalized spacial score (nSPS) is 11.0. The van der Waals surface area contributed by atoms with Gasteiger partial charge in [-0.1, -0.05) is 35.9 Å². The number of nitrogens with one attached hydrogen (secondary N) is 2. The molecule has 4 N–H and O–H groups in total. The number of benzene rings is 2. The summed E-state index contributed by atoms with van der Waals surface area (Å²) in [6, 6.07) is 12.7. The van der Waals surface area contributed by atoms with Gasteiger partial charge in [0.05, 0.1) is 22.9 Å². The quantitative estimate of drug-likeness (QED) is 0.702. The molecule has 0 aromatic heterocycles. The summed E-state index contributed by atoms with van der Waals surface area (Å²) in [6.45, 7) is -0.233. The van der Waals surface area contributed by atoms with Gasteiger partial charge in [-0.15, -0.1) is 0 Å². The lowest BCUT2D eigenvalue weighted by atomic mass is 10.2. The van der Waals surface area contributed by atoms with Crippen LogP contribution >= 0.6 is 11.6 Å². The smallest absolute Gasteiger partial charge is 0.253 e. The van der Waals surface area contributed by atoms with Crippen molar-refractivity contribution in [2.24, 2.45) is 5.14 Å². The second kappa shape index (κ2) is 8.11. The van der Waals surface area contributed by atoms with Crippen molar-refractivity contribution in [3.05, 3.63) is 64.7 Å². The molecule has 2 rings (SSSR count). The largest absolute Gasteiger partial charge is 0.343 e. The van der Waals surface area contributed by atoms with Gasteiger partial charge in [-0.05, 0) is 29.8 Å². The molecule has 0 aliphatic carbocycles. The molecule has 0 atom stereocenters. The maximum Gasteiger partial charge on any atom is 0.253 e. The summed E-state index contributed by atoms with van der Waals surface area (Å²) in [5.74, 6) is -1.17. The zero-order valence-electron chi connectivity index (χ0n) is 13.0. The molecule has 0 bridgehead atoms. The monoisotopic (exact) mass is 381 g/mol. The van der Waals surface area contributed by atoms with Gasteiger partial charge in [0.15, 0.2) is 0 Å². The van der Waals surface area contributed by atoms with E-state index in [1.807, 2.05) is 0 Å². The topological polar surface area (TPSA) is 118 Å². The third-order valence-corrected chi connectivity index (χ3v) is 4.20. The number of carbonyl (C=O) groups excluding carboxylic acids is 2. The predicted molar refractivity (Wildman–Crippen MR) is 95.7 cm³/mol. The van der Waals surface area contributed by atoms with Gasteiger partial charge in [0.2, 0.25) is 15.9 Å². The fourth-order valence-corrected chi connectivity index (χ4v) is 2.90. The number of anilines is 1. The number of hydrogen-bond acceptors (Lipinski definition) is 4. The molecule has 0 aliphatic heterocycles. The van der Waals surface area contributed by atoms with E-state index in [2.05, 4.69) is 10.6 Å². The second-order valence-electron chi connectivity index (χ2n) is 5.21. The van der Waals surface area contributed by atoms with Crippen molar-refractivity contribution in [2.75, 3.05) is 11.9 Å². The molecular weight excluding hydrogens is 366 g/mol. The number of nitrogens with two attached hydrogens (primary N) is 1.